The molecule has 1 spiro atoms. The molecule has 3 rings (SSSR count). The van der Waals surface area contributed by atoms with Gasteiger partial charge in [0.15, 0.2) is 0 Å². The van der Waals surface area contributed by atoms with Gasteiger partial charge >= 0.3 is 6.03 Å². The van der Waals surface area contributed by atoms with Gasteiger partial charge in [-0.1, -0.05) is 27.2 Å². The normalized spacial score (nSPS) is 22.9. The standard InChI is InChI=1S/C24H35N5O4/c1-6-23(3,4)17-7-10-24(11-8-17)21(32)29(22(33)27-24)15-20(31)28(5)14-19(30)26-18-13-16(2)9-12-25-18/h9,12-13,17H,6-8,10-11,14-15H2,1-5H3,(H,27,33)(H,25,26,30). The van der Waals surface area contributed by atoms with E-state index in [0.29, 0.717) is 24.6 Å². The second-order valence-electron chi connectivity index (χ2n) is 10.0. The van der Waals surface area contributed by atoms with Crippen molar-refractivity contribution in [2.75, 3.05) is 25.5 Å². The Labute approximate surface area is 195 Å². The van der Waals surface area contributed by atoms with Gasteiger partial charge in [0.25, 0.3) is 5.91 Å². The molecule has 1 saturated heterocycles. The van der Waals surface area contributed by atoms with Crippen molar-refractivity contribution in [3.8, 4) is 0 Å². The van der Waals surface area contributed by atoms with Gasteiger partial charge in [0, 0.05) is 13.2 Å². The average Bonchev–Trinajstić information content (AvgIpc) is 2.97. The Bertz CT molecular complexity index is 937. The molecule has 1 aliphatic carbocycles. The zero-order chi connectivity index (χ0) is 24.4. The monoisotopic (exact) mass is 457 g/mol. The zero-order valence-electron chi connectivity index (χ0n) is 20.2. The second kappa shape index (κ2) is 9.49. The van der Waals surface area contributed by atoms with Crippen molar-refractivity contribution in [2.45, 2.75) is 65.3 Å². The summed E-state index contributed by atoms with van der Waals surface area (Å²) in [5, 5.41) is 5.50. The van der Waals surface area contributed by atoms with Gasteiger partial charge in [-0.3, -0.25) is 19.3 Å². The lowest BCUT2D eigenvalue weighted by atomic mass is 9.65. The SMILES string of the molecule is CCC(C)(C)C1CCC2(CC1)NC(=O)N(CC(=O)N(C)CC(=O)Nc1cc(C)ccn1)C2=O. The van der Waals surface area contributed by atoms with Crippen molar-refractivity contribution in [1.29, 1.82) is 0 Å². The Hall–Kier alpha value is -2.97. The molecule has 1 saturated carbocycles. The molecule has 0 aromatic carbocycles. The molecule has 0 atom stereocenters. The van der Waals surface area contributed by atoms with Crippen LogP contribution >= 0.6 is 0 Å². The summed E-state index contributed by atoms with van der Waals surface area (Å²) >= 11 is 0. The van der Waals surface area contributed by atoms with Crippen molar-refractivity contribution in [2.24, 2.45) is 11.3 Å². The van der Waals surface area contributed by atoms with Gasteiger partial charge in [-0.15, -0.1) is 0 Å². The molecule has 2 fully saturated rings. The number of anilines is 1. The molecule has 2 aliphatic rings. The minimum Gasteiger partial charge on any atom is -0.335 e. The molecule has 1 aromatic heterocycles. The number of carbonyl (C=O) groups is 4. The predicted molar refractivity (Wildman–Crippen MR) is 124 cm³/mol. The maximum Gasteiger partial charge on any atom is 0.325 e. The van der Waals surface area contributed by atoms with Crippen LogP contribution in [0.4, 0.5) is 10.6 Å². The largest absolute Gasteiger partial charge is 0.335 e. The minimum absolute atomic E-state index is 0.195. The van der Waals surface area contributed by atoms with Crippen LogP contribution in [0, 0.1) is 18.3 Å². The number of nitrogens with zero attached hydrogens (tertiary/aromatic N) is 3. The Morgan fingerprint density at radius 2 is 1.97 bits per heavy atom. The van der Waals surface area contributed by atoms with Crippen LogP contribution in [-0.2, 0) is 14.4 Å². The highest BCUT2D eigenvalue weighted by Gasteiger charge is 2.53. The van der Waals surface area contributed by atoms with Gasteiger partial charge in [0.05, 0.1) is 6.54 Å². The summed E-state index contributed by atoms with van der Waals surface area (Å²) in [7, 11) is 1.47. The number of likely N-dealkylation sites (N-methyl/N-ethyl adjacent to an activating group) is 1. The maximum absolute atomic E-state index is 13.2. The quantitative estimate of drug-likeness (QED) is 0.612. The molecule has 2 N–H and O–H groups in total. The summed E-state index contributed by atoms with van der Waals surface area (Å²) < 4.78 is 0. The van der Waals surface area contributed by atoms with Crippen LogP contribution in [-0.4, -0.2) is 64.2 Å². The molecular weight excluding hydrogens is 422 g/mol. The molecule has 5 amide bonds. The lowest BCUT2D eigenvalue weighted by Gasteiger charge is -2.42. The Balaban J connectivity index is 1.56. The van der Waals surface area contributed by atoms with E-state index in [-0.39, 0.29) is 24.4 Å². The van der Waals surface area contributed by atoms with E-state index in [9.17, 15) is 19.2 Å². The number of aryl methyl sites for hydroxylation is 1. The van der Waals surface area contributed by atoms with E-state index >= 15 is 0 Å². The zero-order valence-corrected chi connectivity index (χ0v) is 20.2. The Morgan fingerprint density at radius 3 is 2.58 bits per heavy atom. The molecule has 180 valence electrons. The van der Waals surface area contributed by atoms with E-state index in [0.717, 1.165) is 29.7 Å². The number of urea groups is 1. The fraction of sp³-hybridized carbons (Fsp3) is 0.625. The van der Waals surface area contributed by atoms with Gasteiger partial charge < -0.3 is 15.5 Å². The molecular formula is C24H35N5O4. The lowest BCUT2D eigenvalue weighted by Crippen LogP contribution is -2.51. The van der Waals surface area contributed by atoms with Crippen LogP contribution in [0.25, 0.3) is 0 Å². The van der Waals surface area contributed by atoms with Gasteiger partial charge in [-0.2, -0.15) is 0 Å². The van der Waals surface area contributed by atoms with E-state index in [1.165, 1.54) is 11.9 Å². The van der Waals surface area contributed by atoms with Crippen LogP contribution < -0.4 is 10.6 Å². The third-order valence-corrected chi connectivity index (χ3v) is 7.38. The Morgan fingerprint density at radius 1 is 1.30 bits per heavy atom. The highest BCUT2D eigenvalue weighted by molar-refractivity contribution is 6.09. The molecule has 0 unspecified atom stereocenters. The fourth-order valence-electron chi connectivity index (χ4n) is 4.69. The van der Waals surface area contributed by atoms with Crippen molar-refractivity contribution in [1.82, 2.24) is 20.1 Å². The number of rotatable bonds is 7. The number of nitrogens with one attached hydrogen (secondary N) is 2. The molecule has 33 heavy (non-hydrogen) atoms. The van der Waals surface area contributed by atoms with Crippen LogP contribution in [0.2, 0.25) is 0 Å². The van der Waals surface area contributed by atoms with Crippen molar-refractivity contribution >= 4 is 29.6 Å². The fourth-order valence-corrected chi connectivity index (χ4v) is 4.69. The molecule has 9 nitrogen and oxygen atoms in total. The first-order valence-corrected chi connectivity index (χ1v) is 11.6. The van der Waals surface area contributed by atoms with Gasteiger partial charge in [-0.05, 0) is 61.6 Å². The number of pyridine rings is 1. The number of amides is 5. The molecule has 0 radical (unpaired) electrons. The van der Waals surface area contributed by atoms with Crippen LogP contribution in [0.15, 0.2) is 18.3 Å². The van der Waals surface area contributed by atoms with E-state index in [1.54, 1.807) is 12.3 Å². The third-order valence-electron chi connectivity index (χ3n) is 7.38. The molecule has 2 heterocycles. The first kappa shape index (κ1) is 24.7. The number of aromatic nitrogens is 1. The van der Waals surface area contributed by atoms with Crippen LogP contribution in [0.1, 0.15) is 58.4 Å². The second-order valence-corrected chi connectivity index (χ2v) is 10.0. The first-order chi connectivity index (χ1) is 15.5. The number of carbonyl (C=O) groups excluding carboxylic acids is 4. The van der Waals surface area contributed by atoms with E-state index in [1.807, 2.05) is 13.0 Å². The smallest absolute Gasteiger partial charge is 0.325 e. The van der Waals surface area contributed by atoms with Crippen LogP contribution in [0.3, 0.4) is 0 Å². The van der Waals surface area contributed by atoms with Crippen molar-refractivity contribution in [3.63, 3.8) is 0 Å². The Kier molecular flexibility index (Phi) is 7.09. The molecule has 1 aromatic rings. The molecule has 1 aliphatic heterocycles. The summed E-state index contributed by atoms with van der Waals surface area (Å²) in [6.07, 6.45) is 5.54. The topological polar surface area (TPSA) is 112 Å². The summed E-state index contributed by atoms with van der Waals surface area (Å²) in [5.41, 5.74) is 0.231. The van der Waals surface area contributed by atoms with Gasteiger partial charge in [0.1, 0.15) is 17.9 Å². The van der Waals surface area contributed by atoms with E-state index in [2.05, 4.69) is 36.4 Å². The average molecular weight is 458 g/mol. The summed E-state index contributed by atoms with van der Waals surface area (Å²) in [5.74, 6) is -0.326. The first-order valence-electron chi connectivity index (χ1n) is 11.6. The number of hydrogen-bond acceptors (Lipinski definition) is 5. The van der Waals surface area contributed by atoms with E-state index < -0.39 is 23.4 Å². The summed E-state index contributed by atoms with van der Waals surface area (Å²) in [6.45, 7) is 7.95. The third kappa shape index (κ3) is 5.34. The lowest BCUT2D eigenvalue weighted by molar-refractivity contribution is -0.140. The molecule has 9 heteroatoms. The number of hydrogen-bond donors (Lipinski definition) is 2. The maximum atomic E-state index is 13.2. The van der Waals surface area contributed by atoms with Gasteiger partial charge in [0.2, 0.25) is 11.8 Å². The van der Waals surface area contributed by atoms with Crippen molar-refractivity contribution < 1.29 is 19.2 Å². The van der Waals surface area contributed by atoms with Crippen molar-refractivity contribution in [3.05, 3.63) is 23.9 Å². The minimum atomic E-state index is -0.912. The highest BCUT2D eigenvalue weighted by Crippen LogP contribution is 2.45. The molecule has 0 bridgehead atoms. The summed E-state index contributed by atoms with van der Waals surface area (Å²) in [6, 6.07) is 3.00. The number of imide groups is 1. The highest BCUT2D eigenvalue weighted by atomic mass is 16.2. The van der Waals surface area contributed by atoms with Crippen LogP contribution in [0.5, 0.6) is 0 Å². The van der Waals surface area contributed by atoms with E-state index in [4.69, 9.17) is 0 Å². The summed E-state index contributed by atoms with van der Waals surface area (Å²) in [4.78, 5) is 57.0. The predicted octanol–water partition coefficient (Wildman–Crippen LogP) is 2.70. The van der Waals surface area contributed by atoms with Gasteiger partial charge in [-0.25, -0.2) is 9.78 Å².